The smallest absolute Gasteiger partial charge is 0.230 e. The molecule has 2 amide bonds. The van der Waals surface area contributed by atoms with Gasteiger partial charge in [0.25, 0.3) is 0 Å². The van der Waals surface area contributed by atoms with Crippen LogP contribution in [0.5, 0.6) is 0 Å². The van der Waals surface area contributed by atoms with Gasteiger partial charge in [-0.05, 0) is 19.4 Å². The number of nitrogens with zero attached hydrogens (tertiary/aromatic N) is 3. The molecule has 4 atom stereocenters. The Morgan fingerprint density at radius 2 is 2.17 bits per heavy atom. The molecule has 0 aliphatic carbocycles. The van der Waals surface area contributed by atoms with Crippen LogP contribution in [0.4, 0.5) is 0 Å². The van der Waals surface area contributed by atoms with Crippen molar-refractivity contribution in [2.75, 3.05) is 13.6 Å². The molecular weight excluding hydrogens is 382 g/mol. The number of benzene rings is 1. The van der Waals surface area contributed by atoms with Crippen molar-refractivity contribution < 1.29 is 18.8 Å². The highest BCUT2D eigenvalue weighted by atomic mass is 16.5. The van der Waals surface area contributed by atoms with Gasteiger partial charge in [-0.2, -0.15) is 0 Å². The second-order valence-electron chi connectivity index (χ2n) is 8.71. The normalized spacial score (nSPS) is 29.0. The first-order valence-electron chi connectivity index (χ1n) is 10.2. The van der Waals surface area contributed by atoms with Crippen molar-refractivity contribution in [1.29, 1.82) is 0 Å². The van der Waals surface area contributed by atoms with Gasteiger partial charge in [0.1, 0.15) is 5.60 Å². The quantitative estimate of drug-likeness (QED) is 0.711. The fraction of sp³-hybridized carbons (Fsp3) is 0.435. The summed E-state index contributed by atoms with van der Waals surface area (Å²) in [6, 6.07) is 9.96. The number of aryl methyl sites for hydroxylation is 2. The Bertz CT molecular complexity index is 1040. The maximum absolute atomic E-state index is 13.4. The van der Waals surface area contributed by atoms with Gasteiger partial charge < -0.3 is 19.1 Å². The van der Waals surface area contributed by atoms with Gasteiger partial charge in [0, 0.05) is 19.7 Å². The van der Waals surface area contributed by atoms with Gasteiger partial charge >= 0.3 is 0 Å². The molecule has 3 aliphatic heterocycles. The fourth-order valence-corrected chi connectivity index (χ4v) is 5.08. The number of amides is 2. The van der Waals surface area contributed by atoms with Crippen molar-refractivity contribution in [3.8, 4) is 0 Å². The summed E-state index contributed by atoms with van der Waals surface area (Å²) in [5, 5.41) is 3.88. The first-order valence-corrected chi connectivity index (χ1v) is 10.2. The minimum absolute atomic E-state index is 0.00869. The van der Waals surface area contributed by atoms with Crippen LogP contribution in [0.1, 0.15) is 22.6 Å². The maximum atomic E-state index is 13.4. The third-order valence-electron chi connectivity index (χ3n) is 6.37. The predicted molar refractivity (Wildman–Crippen MR) is 108 cm³/mol. The van der Waals surface area contributed by atoms with Crippen LogP contribution in [0.2, 0.25) is 0 Å². The van der Waals surface area contributed by atoms with Crippen LogP contribution < -0.4 is 0 Å². The Balaban J connectivity index is 1.36. The molecule has 1 spiro atoms. The molecule has 2 saturated heterocycles. The molecule has 2 aromatic rings. The van der Waals surface area contributed by atoms with Crippen molar-refractivity contribution in [3.63, 3.8) is 0 Å². The molecule has 0 N–H and O–H groups in total. The molecule has 30 heavy (non-hydrogen) atoms. The highest BCUT2D eigenvalue weighted by molar-refractivity contribution is 5.93. The first kappa shape index (κ1) is 19.1. The molecule has 4 heterocycles. The van der Waals surface area contributed by atoms with Gasteiger partial charge in [0.2, 0.25) is 11.8 Å². The van der Waals surface area contributed by atoms with Gasteiger partial charge in [-0.1, -0.05) is 47.1 Å². The maximum Gasteiger partial charge on any atom is 0.230 e. The van der Waals surface area contributed by atoms with Crippen molar-refractivity contribution in [2.45, 2.75) is 38.6 Å². The molecular formula is C23H25N3O4. The summed E-state index contributed by atoms with van der Waals surface area (Å²) in [7, 11) is 1.73. The number of hydrogen-bond acceptors (Lipinski definition) is 5. The molecule has 7 nitrogen and oxygen atoms in total. The number of aromatic nitrogens is 1. The Morgan fingerprint density at radius 3 is 2.90 bits per heavy atom. The molecule has 1 aromatic heterocycles. The number of fused-ring (bicyclic) bond motifs is 1. The Morgan fingerprint density at radius 1 is 1.33 bits per heavy atom. The van der Waals surface area contributed by atoms with E-state index in [9.17, 15) is 9.59 Å². The minimum Gasteiger partial charge on any atom is -0.360 e. The monoisotopic (exact) mass is 407 g/mol. The Labute approximate surface area is 175 Å². The summed E-state index contributed by atoms with van der Waals surface area (Å²) in [5.74, 6) is -0.485. The van der Waals surface area contributed by atoms with Crippen molar-refractivity contribution >= 4 is 11.8 Å². The predicted octanol–water partition coefficient (Wildman–Crippen LogP) is 2.23. The lowest BCUT2D eigenvalue weighted by Crippen LogP contribution is -2.44. The zero-order valence-corrected chi connectivity index (χ0v) is 17.4. The van der Waals surface area contributed by atoms with Gasteiger partial charge in [-0.3, -0.25) is 9.59 Å². The lowest BCUT2D eigenvalue weighted by Gasteiger charge is -2.27. The first-order chi connectivity index (χ1) is 14.4. The van der Waals surface area contributed by atoms with Crippen LogP contribution in [-0.4, -0.2) is 52.1 Å². The molecule has 156 valence electrons. The van der Waals surface area contributed by atoms with Crippen LogP contribution in [-0.2, 0) is 27.4 Å². The van der Waals surface area contributed by atoms with Gasteiger partial charge in [-0.25, -0.2) is 0 Å². The second kappa shape index (κ2) is 6.80. The average Bonchev–Trinajstić information content (AvgIpc) is 3.44. The van der Waals surface area contributed by atoms with E-state index in [-0.39, 0.29) is 17.9 Å². The zero-order chi connectivity index (χ0) is 21.0. The third-order valence-corrected chi connectivity index (χ3v) is 6.37. The van der Waals surface area contributed by atoms with Gasteiger partial charge in [0.15, 0.2) is 5.76 Å². The summed E-state index contributed by atoms with van der Waals surface area (Å²) < 4.78 is 11.5. The highest BCUT2D eigenvalue weighted by Crippen LogP contribution is 2.52. The van der Waals surface area contributed by atoms with Gasteiger partial charge in [0.05, 0.1) is 36.7 Å². The summed E-state index contributed by atoms with van der Waals surface area (Å²) in [5.41, 5.74) is 2.31. The lowest BCUT2D eigenvalue weighted by atomic mass is 9.76. The SMILES string of the molecule is Cc1cccc(CN2C[C@@]34C=C[C@@H](O3)C(C(=O)N(C)Cc3cc(C)no3)C4C2=O)c1. The van der Waals surface area contributed by atoms with Crippen LogP contribution in [0.25, 0.3) is 0 Å². The van der Waals surface area contributed by atoms with Crippen LogP contribution in [0.15, 0.2) is 47.0 Å². The number of hydrogen-bond donors (Lipinski definition) is 0. The van der Waals surface area contributed by atoms with Crippen molar-refractivity contribution in [1.82, 2.24) is 15.0 Å². The topological polar surface area (TPSA) is 75.9 Å². The summed E-state index contributed by atoms with van der Waals surface area (Å²) in [6.07, 6.45) is 3.57. The van der Waals surface area contributed by atoms with Gasteiger partial charge in [-0.15, -0.1) is 0 Å². The molecule has 2 bridgehead atoms. The minimum atomic E-state index is -0.699. The van der Waals surface area contributed by atoms with E-state index in [1.54, 1.807) is 11.9 Å². The second-order valence-corrected chi connectivity index (χ2v) is 8.71. The zero-order valence-electron chi connectivity index (χ0n) is 17.4. The molecule has 2 fully saturated rings. The molecule has 7 heteroatoms. The number of carbonyl (C=O) groups is 2. The van der Waals surface area contributed by atoms with E-state index in [4.69, 9.17) is 9.26 Å². The highest BCUT2D eigenvalue weighted by Gasteiger charge is 2.67. The largest absolute Gasteiger partial charge is 0.360 e. The van der Waals surface area contributed by atoms with E-state index in [0.29, 0.717) is 25.4 Å². The standard InChI is InChI=1S/C23H25N3O4/c1-14-5-4-6-16(9-14)11-26-13-23-8-7-18(29-23)19(20(23)22(26)28)21(27)25(3)12-17-10-15(2)24-30-17/h4-10,18-20H,11-13H2,1-3H3/t18-,19?,20?,23-/m1/s1. The van der Waals surface area contributed by atoms with Crippen LogP contribution in [0.3, 0.4) is 0 Å². The average molecular weight is 407 g/mol. The number of ether oxygens (including phenoxy) is 1. The number of carbonyl (C=O) groups excluding carboxylic acids is 2. The molecule has 0 radical (unpaired) electrons. The van der Waals surface area contributed by atoms with Crippen LogP contribution >= 0.6 is 0 Å². The Hall–Kier alpha value is -2.93. The van der Waals surface area contributed by atoms with E-state index in [2.05, 4.69) is 11.2 Å². The summed E-state index contributed by atoms with van der Waals surface area (Å²) in [4.78, 5) is 30.1. The lowest BCUT2D eigenvalue weighted by molar-refractivity contribution is -0.143. The molecule has 1 aromatic carbocycles. The van der Waals surface area contributed by atoms with E-state index in [1.807, 2.05) is 55.2 Å². The molecule has 5 rings (SSSR count). The van der Waals surface area contributed by atoms with Crippen molar-refractivity contribution in [3.05, 3.63) is 65.1 Å². The molecule has 3 aliphatic rings. The van der Waals surface area contributed by atoms with Crippen molar-refractivity contribution in [2.24, 2.45) is 11.8 Å². The number of rotatable bonds is 5. The molecule has 0 saturated carbocycles. The summed E-state index contributed by atoms with van der Waals surface area (Å²) >= 11 is 0. The molecule has 2 unspecified atom stereocenters. The third kappa shape index (κ3) is 2.96. The summed E-state index contributed by atoms with van der Waals surface area (Å²) in [6.45, 7) is 5.19. The number of likely N-dealkylation sites (tertiary alicyclic amines) is 1. The van der Waals surface area contributed by atoms with E-state index in [1.165, 1.54) is 0 Å². The Kier molecular flexibility index (Phi) is 4.32. The van der Waals surface area contributed by atoms with E-state index >= 15 is 0 Å². The van der Waals surface area contributed by atoms with Crippen LogP contribution in [0, 0.1) is 25.7 Å². The fourth-order valence-electron chi connectivity index (χ4n) is 5.08. The van der Waals surface area contributed by atoms with E-state index < -0.39 is 17.4 Å². The van der Waals surface area contributed by atoms with E-state index in [0.717, 1.165) is 16.8 Å².